The molecule has 0 aromatic heterocycles. The van der Waals surface area contributed by atoms with Gasteiger partial charge in [0.05, 0.1) is 6.10 Å². The van der Waals surface area contributed by atoms with Gasteiger partial charge in [-0.25, -0.2) is 0 Å². The lowest BCUT2D eigenvalue weighted by Crippen LogP contribution is -2.50. The molecule has 1 aliphatic rings. The number of aliphatic hydroxyl groups is 1. The number of rotatable bonds is 5. The lowest BCUT2D eigenvalue weighted by molar-refractivity contribution is 0.0450. The summed E-state index contributed by atoms with van der Waals surface area (Å²) >= 11 is 0. The van der Waals surface area contributed by atoms with Crippen LogP contribution in [0.2, 0.25) is 0 Å². The molecule has 0 saturated carbocycles. The van der Waals surface area contributed by atoms with Gasteiger partial charge in [0.2, 0.25) is 0 Å². The van der Waals surface area contributed by atoms with E-state index in [1.807, 2.05) is 18.2 Å². The van der Waals surface area contributed by atoms with E-state index in [1.54, 1.807) is 0 Å². The summed E-state index contributed by atoms with van der Waals surface area (Å²) in [6.45, 7) is 6.31. The Bertz CT molecular complexity index is 395. The molecule has 0 bridgehead atoms. The van der Waals surface area contributed by atoms with E-state index >= 15 is 0 Å². The highest BCUT2D eigenvalue weighted by molar-refractivity contribution is 5.16. The fourth-order valence-electron chi connectivity index (χ4n) is 3.03. The van der Waals surface area contributed by atoms with Gasteiger partial charge in [0, 0.05) is 25.2 Å². The number of β-amino-alcohol motifs (C(OH)–C–C–N with tert-alkyl or cyclic N) is 1. The summed E-state index contributed by atoms with van der Waals surface area (Å²) in [6.07, 6.45) is 2.80. The minimum Gasteiger partial charge on any atom is -0.390 e. The van der Waals surface area contributed by atoms with Gasteiger partial charge in [-0.15, -0.1) is 0 Å². The van der Waals surface area contributed by atoms with Gasteiger partial charge in [-0.3, -0.25) is 4.90 Å². The molecule has 3 heteroatoms. The number of nitrogens with zero attached hydrogens (tertiary/aromatic N) is 1. The molecule has 20 heavy (non-hydrogen) atoms. The lowest BCUT2D eigenvalue weighted by Gasteiger charge is -2.38. The zero-order valence-electron chi connectivity index (χ0n) is 12.7. The van der Waals surface area contributed by atoms with Gasteiger partial charge in [0.1, 0.15) is 0 Å². The summed E-state index contributed by atoms with van der Waals surface area (Å²) in [7, 11) is 0. The second-order valence-corrected chi connectivity index (χ2v) is 6.41. The van der Waals surface area contributed by atoms with Crippen molar-refractivity contribution in [3.8, 4) is 0 Å². The van der Waals surface area contributed by atoms with Crippen molar-refractivity contribution in [3.05, 3.63) is 35.9 Å². The Morgan fingerprint density at radius 3 is 2.65 bits per heavy atom. The molecule has 1 aliphatic heterocycles. The van der Waals surface area contributed by atoms with Crippen LogP contribution in [0, 0.1) is 5.92 Å². The van der Waals surface area contributed by atoms with Gasteiger partial charge >= 0.3 is 0 Å². The second kappa shape index (κ2) is 7.21. The van der Waals surface area contributed by atoms with Crippen molar-refractivity contribution in [1.82, 2.24) is 4.90 Å². The summed E-state index contributed by atoms with van der Waals surface area (Å²) in [5, 5.41) is 10.4. The van der Waals surface area contributed by atoms with Crippen molar-refractivity contribution < 1.29 is 5.11 Å². The molecular weight excluding hydrogens is 248 g/mol. The Kier molecular flexibility index (Phi) is 5.58. The predicted octanol–water partition coefficient (Wildman–Crippen LogP) is 2.04. The van der Waals surface area contributed by atoms with Gasteiger partial charge in [-0.2, -0.15) is 0 Å². The van der Waals surface area contributed by atoms with E-state index in [2.05, 4.69) is 30.9 Å². The van der Waals surface area contributed by atoms with Crippen LogP contribution in [0.15, 0.2) is 30.3 Å². The number of hydrogen-bond donors (Lipinski definition) is 2. The summed E-state index contributed by atoms with van der Waals surface area (Å²) in [5.41, 5.74) is 7.36. The second-order valence-electron chi connectivity index (χ2n) is 6.41. The minimum absolute atomic E-state index is 0.193. The lowest BCUT2D eigenvalue weighted by atomic mass is 9.93. The molecule has 0 radical (unpaired) electrons. The summed E-state index contributed by atoms with van der Waals surface area (Å²) in [6, 6.07) is 10.5. The largest absolute Gasteiger partial charge is 0.390 e. The standard InChI is InChI=1S/C17H28N2O/c1-13-8-9-14(2)19(11-13)12-17(20)16(18)10-15-6-4-3-5-7-15/h3-7,13-14,16-17,20H,8-12,18H2,1-2H3. The van der Waals surface area contributed by atoms with Gasteiger partial charge in [-0.1, -0.05) is 37.3 Å². The monoisotopic (exact) mass is 276 g/mol. The SMILES string of the molecule is CC1CCC(C)N(CC(O)C(N)Cc2ccccc2)C1. The molecule has 2 rings (SSSR count). The smallest absolute Gasteiger partial charge is 0.0821 e. The molecule has 3 nitrogen and oxygen atoms in total. The molecule has 1 aromatic carbocycles. The van der Waals surface area contributed by atoms with Crippen LogP contribution in [0.3, 0.4) is 0 Å². The van der Waals surface area contributed by atoms with Crippen molar-refractivity contribution in [3.63, 3.8) is 0 Å². The molecule has 1 aromatic rings. The Morgan fingerprint density at radius 1 is 1.25 bits per heavy atom. The first kappa shape index (κ1) is 15.5. The van der Waals surface area contributed by atoms with Crippen LogP contribution in [-0.4, -0.2) is 41.3 Å². The molecule has 4 atom stereocenters. The Morgan fingerprint density at radius 2 is 1.95 bits per heavy atom. The van der Waals surface area contributed by atoms with Gasteiger partial charge in [0.25, 0.3) is 0 Å². The zero-order chi connectivity index (χ0) is 14.5. The molecule has 0 spiro atoms. The molecule has 1 saturated heterocycles. The number of piperidine rings is 1. The first-order chi connectivity index (χ1) is 9.56. The highest BCUT2D eigenvalue weighted by Gasteiger charge is 2.26. The Hall–Kier alpha value is -0.900. The minimum atomic E-state index is -0.456. The maximum Gasteiger partial charge on any atom is 0.0821 e. The number of aliphatic hydroxyl groups excluding tert-OH is 1. The molecule has 0 amide bonds. The normalized spacial score (nSPS) is 27.2. The van der Waals surface area contributed by atoms with Crippen LogP contribution < -0.4 is 5.73 Å². The molecule has 1 fully saturated rings. The molecule has 3 N–H and O–H groups in total. The van der Waals surface area contributed by atoms with Crippen LogP contribution in [-0.2, 0) is 6.42 Å². The average molecular weight is 276 g/mol. The van der Waals surface area contributed by atoms with Crippen molar-refractivity contribution in [1.29, 1.82) is 0 Å². The first-order valence-corrected chi connectivity index (χ1v) is 7.78. The summed E-state index contributed by atoms with van der Waals surface area (Å²) in [4.78, 5) is 2.39. The number of hydrogen-bond acceptors (Lipinski definition) is 3. The maximum absolute atomic E-state index is 10.4. The topological polar surface area (TPSA) is 49.5 Å². The Labute approximate surface area is 122 Å². The zero-order valence-corrected chi connectivity index (χ0v) is 12.7. The number of likely N-dealkylation sites (tertiary alicyclic amines) is 1. The van der Waals surface area contributed by atoms with Gasteiger partial charge < -0.3 is 10.8 Å². The van der Waals surface area contributed by atoms with E-state index in [0.29, 0.717) is 12.6 Å². The molecular formula is C17H28N2O. The molecule has 0 aliphatic carbocycles. The van der Waals surface area contributed by atoms with Crippen LogP contribution in [0.5, 0.6) is 0 Å². The van der Waals surface area contributed by atoms with E-state index in [1.165, 1.54) is 18.4 Å². The van der Waals surface area contributed by atoms with E-state index in [-0.39, 0.29) is 6.04 Å². The number of nitrogens with two attached hydrogens (primary N) is 1. The fourth-order valence-corrected chi connectivity index (χ4v) is 3.03. The van der Waals surface area contributed by atoms with Crippen molar-refractivity contribution >= 4 is 0 Å². The molecule has 112 valence electrons. The summed E-state index contributed by atoms with van der Waals surface area (Å²) < 4.78 is 0. The van der Waals surface area contributed by atoms with Crippen LogP contribution in [0.1, 0.15) is 32.3 Å². The van der Waals surface area contributed by atoms with E-state index in [0.717, 1.165) is 18.9 Å². The molecule has 4 unspecified atom stereocenters. The third-order valence-electron chi connectivity index (χ3n) is 4.48. The maximum atomic E-state index is 10.4. The highest BCUT2D eigenvalue weighted by Crippen LogP contribution is 2.21. The number of benzene rings is 1. The van der Waals surface area contributed by atoms with E-state index in [9.17, 15) is 5.11 Å². The first-order valence-electron chi connectivity index (χ1n) is 7.78. The van der Waals surface area contributed by atoms with Gasteiger partial charge in [-0.05, 0) is 37.7 Å². The van der Waals surface area contributed by atoms with Crippen molar-refractivity contribution in [2.24, 2.45) is 11.7 Å². The van der Waals surface area contributed by atoms with Crippen LogP contribution in [0.25, 0.3) is 0 Å². The quantitative estimate of drug-likeness (QED) is 0.865. The Balaban J connectivity index is 1.85. The fraction of sp³-hybridized carbons (Fsp3) is 0.647. The predicted molar refractivity (Wildman–Crippen MR) is 83.6 cm³/mol. The molecule has 1 heterocycles. The third kappa shape index (κ3) is 4.30. The van der Waals surface area contributed by atoms with Crippen molar-refractivity contribution in [2.45, 2.75) is 51.3 Å². The highest BCUT2D eigenvalue weighted by atomic mass is 16.3. The average Bonchev–Trinajstić information content (AvgIpc) is 2.44. The van der Waals surface area contributed by atoms with Crippen molar-refractivity contribution in [2.75, 3.05) is 13.1 Å². The van der Waals surface area contributed by atoms with E-state index < -0.39 is 6.10 Å². The van der Waals surface area contributed by atoms with Crippen LogP contribution in [0.4, 0.5) is 0 Å². The van der Waals surface area contributed by atoms with Gasteiger partial charge in [0.15, 0.2) is 0 Å². The summed E-state index contributed by atoms with van der Waals surface area (Å²) in [5.74, 6) is 0.726. The van der Waals surface area contributed by atoms with E-state index in [4.69, 9.17) is 5.73 Å². The third-order valence-corrected chi connectivity index (χ3v) is 4.48. The van der Waals surface area contributed by atoms with Crippen LogP contribution >= 0.6 is 0 Å².